The van der Waals surface area contributed by atoms with E-state index >= 15 is 0 Å². The summed E-state index contributed by atoms with van der Waals surface area (Å²) in [6, 6.07) is 20.2. The summed E-state index contributed by atoms with van der Waals surface area (Å²) in [6.45, 7) is 1.44. The minimum absolute atomic E-state index is 0.606. The number of thioether (sulfide) groups is 1. The van der Waals surface area contributed by atoms with Gasteiger partial charge in [0.15, 0.2) is 5.96 Å². The third-order valence-corrected chi connectivity index (χ3v) is 5.06. The number of hydrogen-bond acceptors (Lipinski definition) is 4. The summed E-state index contributed by atoms with van der Waals surface area (Å²) in [6.07, 6.45) is 1.95. The number of guanidine groups is 1. The van der Waals surface area contributed by atoms with Crippen molar-refractivity contribution in [3.05, 3.63) is 72.6 Å². The number of aromatic nitrogens is 2. The Bertz CT molecular complexity index is 877. The molecule has 7 heteroatoms. The van der Waals surface area contributed by atoms with Crippen LogP contribution in [0.15, 0.2) is 76.7 Å². The maximum atomic E-state index is 5.19. The van der Waals surface area contributed by atoms with Gasteiger partial charge < -0.3 is 15.4 Å². The Hall–Kier alpha value is -2.93. The lowest BCUT2D eigenvalue weighted by atomic mass is 10.3. The van der Waals surface area contributed by atoms with Gasteiger partial charge in [0.25, 0.3) is 0 Å². The van der Waals surface area contributed by atoms with E-state index in [-0.39, 0.29) is 0 Å². The van der Waals surface area contributed by atoms with Gasteiger partial charge in [-0.1, -0.05) is 18.2 Å². The van der Waals surface area contributed by atoms with E-state index in [0.29, 0.717) is 6.54 Å². The predicted molar refractivity (Wildman–Crippen MR) is 115 cm³/mol. The van der Waals surface area contributed by atoms with Gasteiger partial charge in [-0.05, 0) is 42.5 Å². The normalized spacial score (nSPS) is 11.3. The molecule has 3 aromatic rings. The summed E-state index contributed by atoms with van der Waals surface area (Å²) in [5.74, 6) is 2.57. The fourth-order valence-corrected chi connectivity index (χ4v) is 3.37. The zero-order valence-electron chi connectivity index (χ0n) is 16.1. The van der Waals surface area contributed by atoms with Crippen molar-refractivity contribution in [1.29, 1.82) is 0 Å². The molecule has 0 saturated heterocycles. The maximum absolute atomic E-state index is 5.19. The van der Waals surface area contributed by atoms with Gasteiger partial charge in [-0.25, -0.2) is 4.68 Å². The summed E-state index contributed by atoms with van der Waals surface area (Å²) < 4.78 is 7.04. The van der Waals surface area contributed by atoms with E-state index in [1.54, 1.807) is 14.2 Å². The first-order chi connectivity index (χ1) is 13.8. The van der Waals surface area contributed by atoms with Crippen LogP contribution < -0.4 is 15.4 Å². The molecule has 3 rings (SSSR count). The summed E-state index contributed by atoms with van der Waals surface area (Å²) in [7, 11) is 3.43. The Labute approximate surface area is 170 Å². The highest BCUT2D eigenvalue weighted by Gasteiger charge is 2.04. The molecule has 1 heterocycles. The zero-order chi connectivity index (χ0) is 19.6. The van der Waals surface area contributed by atoms with Gasteiger partial charge in [-0.2, -0.15) is 5.10 Å². The number of rotatable bonds is 8. The van der Waals surface area contributed by atoms with Crippen LogP contribution >= 0.6 is 11.8 Å². The van der Waals surface area contributed by atoms with E-state index in [9.17, 15) is 0 Å². The predicted octanol–water partition coefficient (Wildman–Crippen LogP) is 3.34. The second-order valence-electron chi connectivity index (χ2n) is 5.96. The van der Waals surface area contributed by atoms with Crippen LogP contribution in [0.1, 0.15) is 5.69 Å². The molecule has 1 aromatic heterocycles. The van der Waals surface area contributed by atoms with Gasteiger partial charge in [-0.15, -0.1) is 11.8 Å². The van der Waals surface area contributed by atoms with E-state index < -0.39 is 0 Å². The highest BCUT2D eigenvalue weighted by atomic mass is 32.2. The molecular formula is C21H25N5OS. The molecule has 0 aliphatic heterocycles. The van der Waals surface area contributed by atoms with Crippen LogP contribution in [0, 0.1) is 0 Å². The highest BCUT2D eigenvalue weighted by Crippen LogP contribution is 2.16. The first-order valence-corrected chi connectivity index (χ1v) is 10.1. The Morgan fingerprint density at radius 3 is 2.57 bits per heavy atom. The number of nitrogens with zero attached hydrogens (tertiary/aromatic N) is 3. The van der Waals surface area contributed by atoms with Crippen molar-refractivity contribution < 1.29 is 4.74 Å². The number of ether oxygens (including phenoxy) is 1. The van der Waals surface area contributed by atoms with E-state index in [0.717, 1.165) is 35.4 Å². The molecule has 0 fully saturated rings. The number of benzene rings is 2. The average Bonchev–Trinajstić information content (AvgIpc) is 3.23. The van der Waals surface area contributed by atoms with E-state index in [4.69, 9.17) is 4.74 Å². The molecule has 0 aliphatic carbocycles. The molecule has 0 aliphatic rings. The van der Waals surface area contributed by atoms with Crippen molar-refractivity contribution in [3.8, 4) is 11.4 Å². The lowest BCUT2D eigenvalue weighted by Gasteiger charge is -2.10. The molecule has 28 heavy (non-hydrogen) atoms. The fraction of sp³-hybridized carbons (Fsp3) is 0.238. The molecule has 0 atom stereocenters. The van der Waals surface area contributed by atoms with Crippen molar-refractivity contribution in [3.63, 3.8) is 0 Å². The maximum Gasteiger partial charge on any atom is 0.191 e. The SMILES string of the molecule is CN=C(NCCSc1ccccc1)NCc1ccn(-c2ccc(OC)cc2)n1. The lowest BCUT2D eigenvalue weighted by molar-refractivity contribution is 0.414. The number of methoxy groups -OCH3 is 1. The standard InChI is InChI=1S/C21H25N5OS/c1-22-21(23-13-15-28-20-6-4-3-5-7-20)24-16-17-12-14-26(25-17)18-8-10-19(27-2)11-9-18/h3-12,14H,13,15-16H2,1-2H3,(H2,22,23,24). The third-order valence-electron chi connectivity index (χ3n) is 4.05. The van der Waals surface area contributed by atoms with Crippen LogP contribution in [0.4, 0.5) is 0 Å². The summed E-state index contributed by atoms with van der Waals surface area (Å²) in [4.78, 5) is 5.54. The molecule has 0 amide bonds. The fourth-order valence-electron chi connectivity index (χ4n) is 2.58. The second kappa shape index (κ2) is 10.4. The van der Waals surface area contributed by atoms with Crippen LogP contribution in [0.25, 0.3) is 5.69 Å². The Kier molecular flexibility index (Phi) is 7.37. The monoisotopic (exact) mass is 395 g/mol. The molecule has 6 nitrogen and oxygen atoms in total. The minimum Gasteiger partial charge on any atom is -0.497 e. The van der Waals surface area contributed by atoms with Gasteiger partial charge in [0, 0.05) is 30.4 Å². The molecule has 0 bridgehead atoms. The van der Waals surface area contributed by atoms with Gasteiger partial charge in [0.1, 0.15) is 5.75 Å². The number of nitrogens with one attached hydrogen (secondary N) is 2. The molecule has 2 N–H and O–H groups in total. The lowest BCUT2D eigenvalue weighted by Crippen LogP contribution is -2.38. The zero-order valence-corrected chi connectivity index (χ0v) is 16.9. The average molecular weight is 396 g/mol. The molecule has 0 spiro atoms. The largest absolute Gasteiger partial charge is 0.497 e. The van der Waals surface area contributed by atoms with Crippen LogP contribution in [0.5, 0.6) is 5.75 Å². The first kappa shape index (κ1) is 19.8. The van der Waals surface area contributed by atoms with E-state index in [1.807, 2.05) is 59.0 Å². The summed E-state index contributed by atoms with van der Waals surface area (Å²) in [5, 5.41) is 11.2. The molecular weight excluding hydrogens is 370 g/mol. The van der Waals surface area contributed by atoms with Crippen molar-refractivity contribution in [1.82, 2.24) is 20.4 Å². The Morgan fingerprint density at radius 1 is 1.07 bits per heavy atom. The minimum atomic E-state index is 0.606. The third kappa shape index (κ3) is 5.79. The van der Waals surface area contributed by atoms with Gasteiger partial charge in [0.2, 0.25) is 0 Å². The van der Waals surface area contributed by atoms with Crippen molar-refractivity contribution in [2.24, 2.45) is 4.99 Å². The summed E-state index contributed by atoms with van der Waals surface area (Å²) >= 11 is 1.82. The Morgan fingerprint density at radius 2 is 1.86 bits per heavy atom. The van der Waals surface area contributed by atoms with Crippen LogP contribution in [0.3, 0.4) is 0 Å². The number of hydrogen-bond donors (Lipinski definition) is 2. The molecule has 146 valence electrons. The van der Waals surface area contributed by atoms with Crippen LogP contribution in [0.2, 0.25) is 0 Å². The van der Waals surface area contributed by atoms with Gasteiger partial charge in [-0.3, -0.25) is 4.99 Å². The topological polar surface area (TPSA) is 63.5 Å². The van der Waals surface area contributed by atoms with Gasteiger partial charge >= 0.3 is 0 Å². The quantitative estimate of drug-likeness (QED) is 0.265. The van der Waals surface area contributed by atoms with E-state index in [2.05, 4.69) is 45.0 Å². The van der Waals surface area contributed by atoms with Crippen LogP contribution in [-0.2, 0) is 6.54 Å². The second-order valence-corrected chi connectivity index (χ2v) is 7.13. The van der Waals surface area contributed by atoms with Crippen molar-refractivity contribution in [2.45, 2.75) is 11.4 Å². The molecule has 2 aromatic carbocycles. The smallest absolute Gasteiger partial charge is 0.191 e. The van der Waals surface area contributed by atoms with Gasteiger partial charge in [0.05, 0.1) is 25.0 Å². The summed E-state index contributed by atoms with van der Waals surface area (Å²) in [5.41, 5.74) is 1.94. The van der Waals surface area contributed by atoms with Crippen LogP contribution in [-0.4, -0.2) is 42.2 Å². The first-order valence-electron chi connectivity index (χ1n) is 9.10. The highest BCUT2D eigenvalue weighted by molar-refractivity contribution is 7.99. The van der Waals surface area contributed by atoms with Crippen molar-refractivity contribution in [2.75, 3.05) is 26.5 Å². The Balaban J connectivity index is 1.44. The molecule has 0 saturated carbocycles. The van der Waals surface area contributed by atoms with E-state index in [1.165, 1.54) is 4.90 Å². The number of aliphatic imine (C=N–C) groups is 1. The molecule has 0 radical (unpaired) electrons. The molecule has 0 unspecified atom stereocenters. The van der Waals surface area contributed by atoms with Crippen molar-refractivity contribution >= 4 is 17.7 Å².